The van der Waals surface area contributed by atoms with Crippen molar-refractivity contribution in [1.29, 1.82) is 0 Å². The Hall–Kier alpha value is -1.14. The molecule has 0 saturated heterocycles. The Bertz CT molecular complexity index is 526. The Kier molecular flexibility index (Phi) is 4.19. The lowest BCUT2D eigenvalue weighted by molar-refractivity contribution is 0.181. The van der Waals surface area contributed by atoms with Gasteiger partial charge < -0.3 is 4.74 Å². The first-order chi connectivity index (χ1) is 8.61. The number of fused-ring (bicyclic) bond motifs is 1. The van der Waals surface area contributed by atoms with Crippen LogP contribution in [-0.2, 0) is 11.3 Å². The first-order valence-corrected chi connectivity index (χ1v) is 6.85. The number of thioether (sulfide) groups is 1. The highest BCUT2D eigenvalue weighted by molar-refractivity contribution is 7.99. The third-order valence-electron chi connectivity index (χ3n) is 2.81. The van der Waals surface area contributed by atoms with E-state index in [9.17, 15) is 0 Å². The average molecular weight is 266 g/mol. The summed E-state index contributed by atoms with van der Waals surface area (Å²) in [5.74, 6) is 1.23. The van der Waals surface area contributed by atoms with Gasteiger partial charge in [0.15, 0.2) is 0 Å². The van der Waals surface area contributed by atoms with Crippen LogP contribution >= 0.6 is 11.8 Å². The molecule has 2 heterocycles. The SMILES string of the molecule is COCc1cc(S[C@@H](C)C(C)C)n2ncnc2n1. The summed E-state index contributed by atoms with van der Waals surface area (Å²) >= 11 is 1.79. The third-order valence-corrected chi connectivity index (χ3v) is 4.26. The molecule has 0 aliphatic carbocycles. The molecule has 0 spiro atoms. The van der Waals surface area contributed by atoms with Gasteiger partial charge in [-0.3, -0.25) is 0 Å². The second-order valence-electron chi connectivity index (χ2n) is 4.56. The van der Waals surface area contributed by atoms with Gasteiger partial charge in [0.25, 0.3) is 5.78 Å². The largest absolute Gasteiger partial charge is 0.378 e. The summed E-state index contributed by atoms with van der Waals surface area (Å²) in [6, 6.07) is 2.02. The maximum absolute atomic E-state index is 5.13. The second-order valence-corrected chi connectivity index (χ2v) is 5.96. The Balaban J connectivity index is 2.37. The van der Waals surface area contributed by atoms with Gasteiger partial charge in [0.05, 0.1) is 12.3 Å². The zero-order valence-electron chi connectivity index (χ0n) is 11.1. The number of ether oxygens (including phenoxy) is 1. The molecule has 2 rings (SSSR count). The minimum absolute atomic E-state index is 0.493. The van der Waals surface area contributed by atoms with E-state index in [0.717, 1.165) is 10.7 Å². The average Bonchev–Trinajstić information content (AvgIpc) is 2.77. The van der Waals surface area contributed by atoms with Gasteiger partial charge in [-0.15, -0.1) is 11.8 Å². The summed E-state index contributed by atoms with van der Waals surface area (Å²) in [5, 5.41) is 5.78. The first kappa shape index (κ1) is 13.3. The Morgan fingerprint density at radius 3 is 2.83 bits per heavy atom. The fraction of sp³-hybridized carbons (Fsp3) is 0.583. The molecule has 0 bridgehead atoms. The number of aromatic nitrogens is 4. The molecule has 98 valence electrons. The van der Waals surface area contributed by atoms with Gasteiger partial charge in [0.1, 0.15) is 11.4 Å². The van der Waals surface area contributed by atoms with Gasteiger partial charge in [-0.05, 0) is 12.0 Å². The molecule has 0 N–H and O–H groups in total. The van der Waals surface area contributed by atoms with Crippen LogP contribution in [0.25, 0.3) is 5.78 Å². The molecule has 0 aliphatic rings. The van der Waals surface area contributed by atoms with Gasteiger partial charge in [-0.25, -0.2) is 4.98 Å². The van der Waals surface area contributed by atoms with Crippen LogP contribution in [0.2, 0.25) is 0 Å². The minimum Gasteiger partial charge on any atom is -0.378 e. The maximum Gasteiger partial charge on any atom is 0.253 e. The molecule has 0 aromatic carbocycles. The highest BCUT2D eigenvalue weighted by atomic mass is 32.2. The monoisotopic (exact) mass is 266 g/mol. The van der Waals surface area contributed by atoms with Gasteiger partial charge in [0, 0.05) is 12.4 Å². The number of hydrogen-bond acceptors (Lipinski definition) is 5. The van der Waals surface area contributed by atoms with E-state index in [1.54, 1.807) is 23.4 Å². The highest BCUT2D eigenvalue weighted by Gasteiger charge is 2.14. The lowest BCUT2D eigenvalue weighted by atomic mass is 10.2. The molecular formula is C12H18N4OS. The standard InChI is InChI=1S/C12H18N4OS/c1-8(2)9(3)18-11-5-10(6-17-4)15-12-13-7-14-16(11)12/h5,7-9H,6H2,1-4H3/t9-/m0/s1. The summed E-state index contributed by atoms with van der Waals surface area (Å²) in [7, 11) is 1.67. The zero-order valence-corrected chi connectivity index (χ0v) is 11.9. The van der Waals surface area contributed by atoms with Crippen molar-refractivity contribution in [3.8, 4) is 0 Å². The second kappa shape index (κ2) is 5.67. The molecule has 18 heavy (non-hydrogen) atoms. The summed E-state index contributed by atoms with van der Waals surface area (Å²) in [4.78, 5) is 8.54. The molecule has 0 amide bonds. The molecule has 0 radical (unpaired) electrons. The normalized spacial score (nSPS) is 13.4. The van der Waals surface area contributed by atoms with Crippen LogP contribution in [-0.4, -0.2) is 31.9 Å². The lowest BCUT2D eigenvalue weighted by Gasteiger charge is -2.15. The minimum atomic E-state index is 0.493. The van der Waals surface area contributed by atoms with E-state index < -0.39 is 0 Å². The fourth-order valence-corrected chi connectivity index (χ4v) is 2.55. The fourth-order valence-electron chi connectivity index (χ4n) is 1.46. The van der Waals surface area contributed by atoms with E-state index in [2.05, 4.69) is 35.8 Å². The Morgan fingerprint density at radius 1 is 1.39 bits per heavy atom. The Morgan fingerprint density at radius 2 is 2.17 bits per heavy atom. The predicted molar refractivity (Wildman–Crippen MR) is 71.7 cm³/mol. The van der Waals surface area contributed by atoms with E-state index >= 15 is 0 Å². The maximum atomic E-state index is 5.13. The third kappa shape index (κ3) is 2.81. The van der Waals surface area contributed by atoms with Crippen molar-refractivity contribution in [2.24, 2.45) is 5.92 Å². The van der Waals surface area contributed by atoms with E-state index in [0.29, 0.717) is 23.6 Å². The molecule has 2 aromatic rings. The highest BCUT2D eigenvalue weighted by Crippen LogP contribution is 2.28. The molecule has 0 aliphatic heterocycles. The number of hydrogen-bond donors (Lipinski definition) is 0. The van der Waals surface area contributed by atoms with Crippen LogP contribution in [0.4, 0.5) is 0 Å². The predicted octanol–water partition coefficient (Wildman–Crippen LogP) is 2.41. The van der Waals surface area contributed by atoms with E-state index in [-0.39, 0.29) is 0 Å². The lowest BCUT2D eigenvalue weighted by Crippen LogP contribution is -2.08. The molecular weight excluding hydrogens is 248 g/mol. The van der Waals surface area contributed by atoms with Crippen LogP contribution in [0.15, 0.2) is 17.4 Å². The van der Waals surface area contributed by atoms with Crippen molar-refractivity contribution in [3.05, 3.63) is 18.1 Å². The van der Waals surface area contributed by atoms with Crippen LogP contribution in [0.1, 0.15) is 26.5 Å². The van der Waals surface area contributed by atoms with Crippen molar-refractivity contribution < 1.29 is 4.74 Å². The molecule has 1 atom stereocenters. The van der Waals surface area contributed by atoms with Gasteiger partial charge in [-0.2, -0.15) is 14.6 Å². The van der Waals surface area contributed by atoms with E-state index in [1.165, 1.54) is 6.33 Å². The topological polar surface area (TPSA) is 52.3 Å². The van der Waals surface area contributed by atoms with Crippen molar-refractivity contribution in [2.75, 3.05) is 7.11 Å². The van der Waals surface area contributed by atoms with Crippen molar-refractivity contribution in [1.82, 2.24) is 19.6 Å². The first-order valence-electron chi connectivity index (χ1n) is 5.97. The summed E-state index contributed by atoms with van der Waals surface area (Å²) in [6.45, 7) is 7.14. The van der Waals surface area contributed by atoms with Crippen LogP contribution in [0.5, 0.6) is 0 Å². The van der Waals surface area contributed by atoms with Crippen LogP contribution in [0, 0.1) is 5.92 Å². The van der Waals surface area contributed by atoms with Gasteiger partial charge in [0.2, 0.25) is 0 Å². The van der Waals surface area contributed by atoms with Crippen molar-refractivity contribution in [2.45, 2.75) is 37.7 Å². The van der Waals surface area contributed by atoms with E-state index in [4.69, 9.17) is 4.74 Å². The number of methoxy groups -OCH3 is 1. The molecule has 0 fully saturated rings. The summed E-state index contributed by atoms with van der Waals surface area (Å²) < 4.78 is 6.91. The number of nitrogens with zero attached hydrogens (tertiary/aromatic N) is 4. The van der Waals surface area contributed by atoms with Crippen LogP contribution < -0.4 is 0 Å². The quantitative estimate of drug-likeness (QED) is 0.614. The van der Waals surface area contributed by atoms with Crippen molar-refractivity contribution >= 4 is 17.5 Å². The van der Waals surface area contributed by atoms with Crippen molar-refractivity contribution in [3.63, 3.8) is 0 Å². The van der Waals surface area contributed by atoms with Gasteiger partial charge in [-0.1, -0.05) is 20.8 Å². The molecule has 2 aromatic heterocycles. The smallest absolute Gasteiger partial charge is 0.253 e. The molecule has 6 heteroatoms. The summed E-state index contributed by atoms with van der Waals surface area (Å²) in [5.41, 5.74) is 0.886. The molecule has 0 saturated carbocycles. The zero-order chi connectivity index (χ0) is 13.1. The Labute approximate surface area is 111 Å². The summed E-state index contributed by atoms with van der Waals surface area (Å²) in [6.07, 6.45) is 1.53. The molecule has 0 unspecified atom stereocenters. The number of rotatable bonds is 5. The van der Waals surface area contributed by atoms with Gasteiger partial charge >= 0.3 is 0 Å². The van der Waals surface area contributed by atoms with Crippen LogP contribution in [0.3, 0.4) is 0 Å². The van der Waals surface area contributed by atoms with E-state index in [1.807, 2.05) is 6.07 Å². The molecule has 5 nitrogen and oxygen atoms in total.